The first-order valence-corrected chi connectivity index (χ1v) is 5.67. The van der Waals surface area contributed by atoms with Crippen molar-refractivity contribution in [2.24, 2.45) is 5.73 Å². The topological polar surface area (TPSA) is 115 Å². The zero-order chi connectivity index (χ0) is 11.9. The maximum absolute atomic E-state index is 11.6. The smallest absolute Gasteiger partial charge is 0.270 e. The molecule has 84 valence electrons. The number of nitrogens with two attached hydrogens (primary N) is 1. The van der Waals surface area contributed by atoms with Gasteiger partial charge in [0.1, 0.15) is 10.7 Å². The van der Waals surface area contributed by atoms with Crippen molar-refractivity contribution in [1.29, 1.82) is 0 Å². The summed E-state index contributed by atoms with van der Waals surface area (Å²) in [6.45, 7) is 0. The molecule has 0 unspecified atom stereocenters. The number of hydrogen-bond acceptors (Lipinski definition) is 5. The summed E-state index contributed by atoms with van der Waals surface area (Å²) in [4.78, 5) is 9.71. The first-order chi connectivity index (χ1) is 7.40. The lowest BCUT2D eigenvalue weighted by atomic mass is 10.2. The molecule has 1 aliphatic rings. The molecule has 1 heterocycles. The summed E-state index contributed by atoms with van der Waals surface area (Å²) in [7, 11) is -3.79. The van der Waals surface area contributed by atoms with Crippen molar-refractivity contribution >= 4 is 21.8 Å². The number of nitrogens with zero attached hydrogens (tertiary/aromatic N) is 1. The zero-order valence-electron chi connectivity index (χ0n) is 7.88. The molecule has 0 bridgehead atoms. The Morgan fingerprint density at radius 1 is 1.38 bits per heavy atom. The molecule has 0 aromatic heterocycles. The number of non-ortho nitro benzene ring substituents is 1. The second kappa shape index (κ2) is 3.20. The number of rotatable bonds is 1. The van der Waals surface area contributed by atoms with Gasteiger partial charge in [-0.2, -0.15) is 0 Å². The van der Waals surface area contributed by atoms with Crippen LogP contribution in [-0.4, -0.2) is 13.3 Å². The molecule has 0 aliphatic carbocycles. The molecule has 0 saturated carbocycles. The van der Waals surface area contributed by atoms with Crippen molar-refractivity contribution in [3.63, 3.8) is 0 Å². The van der Waals surface area contributed by atoms with Crippen LogP contribution < -0.4 is 10.5 Å². The Morgan fingerprint density at radius 2 is 2.06 bits per heavy atom. The number of nitrogens with one attached hydrogen (secondary N) is 1. The van der Waals surface area contributed by atoms with Gasteiger partial charge in [0, 0.05) is 12.1 Å². The lowest BCUT2D eigenvalue weighted by molar-refractivity contribution is -0.385. The van der Waals surface area contributed by atoms with Crippen molar-refractivity contribution in [3.05, 3.63) is 39.7 Å². The lowest BCUT2D eigenvalue weighted by Crippen LogP contribution is -2.30. The molecule has 3 N–H and O–H groups in total. The van der Waals surface area contributed by atoms with Crippen molar-refractivity contribution in [2.75, 3.05) is 0 Å². The van der Waals surface area contributed by atoms with Crippen LogP contribution in [-0.2, 0) is 10.0 Å². The van der Waals surface area contributed by atoms with Gasteiger partial charge in [-0.05, 0) is 17.7 Å². The predicted molar refractivity (Wildman–Crippen MR) is 55.6 cm³/mol. The van der Waals surface area contributed by atoms with Crippen LogP contribution in [0, 0.1) is 10.1 Å². The number of nitro groups is 1. The number of sulfonamides is 1. The van der Waals surface area contributed by atoms with E-state index in [9.17, 15) is 18.5 Å². The molecule has 1 aliphatic heterocycles. The van der Waals surface area contributed by atoms with Crippen molar-refractivity contribution in [1.82, 2.24) is 4.72 Å². The van der Waals surface area contributed by atoms with Crippen LogP contribution in [0.15, 0.2) is 28.9 Å². The average molecular weight is 241 g/mol. The average Bonchev–Trinajstić information content (AvgIpc) is 2.15. The minimum atomic E-state index is -3.79. The number of nitro benzene ring substituents is 1. The molecule has 0 spiro atoms. The van der Waals surface area contributed by atoms with Crippen LogP contribution in [0.4, 0.5) is 5.69 Å². The van der Waals surface area contributed by atoms with Gasteiger partial charge in [-0.3, -0.25) is 14.8 Å². The van der Waals surface area contributed by atoms with E-state index in [4.69, 9.17) is 5.73 Å². The first kappa shape index (κ1) is 10.4. The second-order valence-electron chi connectivity index (χ2n) is 3.18. The Hall–Kier alpha value is -2.09. The van der Waals surface area contributed by atoms with Gasteiger partial charge in [-0.15, -0.1) is 0 Å². The van der Waals surface area contributed by atoms with Gasteiger partial charge < -0.3 is 5.73 Å². The maximum atomic E-state index is 11.6. The molecule has 8 heteroatoms. The highest BCUT2D eigenvalue weighted by Gasteiger charge is 2.25. The summed E-state index contributed by atoms with van der Waals surface area (Å²) < 4.78 is 25.3. The number of hydrogen-bond donors (Lipinski definition) is 2. The van der Waals surface area contributed by atoms with Gasteiger partial charge in [-0.1, -0.05) is 0 Å². The van der Waals surface area contributed by atoms with Crippen LogP contribution in [0.1, 0.15) is 5.56 Å². The monoisotopic (exact) mass is 241 g/mol. The van der Waals surface area contributed by atoms with Gasteiger partial charge in [0.2, 0.25) is 0 Å². The fourth-order valence-electron chi connectivity index (χ4n) is 1.40. The third-order valence-corrected chi connectivity index (χ3v) is 3.50. The van der Waals surface area contributed by atoms with Gasteiger partial charge in [-0.25, -0.2) is 8.42 Å². The van der Waals surface area contributed by atoms with E-state index < -0.39 is 14.9 Å². The van der Waals surface area contributed by atoms with Gasteiger partial charge in [0.05, 0.1) is 4.92 Å². The summed E-state index contributed by atoms with van der Waals surface area (Å²) >= 11 is 0. The van der Waals surface area contributed by atoms with Crippen molar-refractivity contribution in [2.45, 2.75) is 4.90 Å². The van der Waals surface area contributed by atoms with E-state index in [-0.39, 0.29) is 16.4 Å². The minimum Gasteiger partial charge on any atom is -0.385 e. The molecular weight excluding hydrogens is 234 g/mol. The van der Waals surface area contributed by atoms with Crippen LogP contribution in [0.2, 0.25) is 0 Å². The quantitative estimate of drug-likeness (QED) is 0.536. The summed E-state index contributed by atoms with van der Waals surface area (Å²) in [5.41, 5.74) is 5.42. The van der Waals surface area contributed by atoms with E-state index in [2.05, 4.69) is 4.72 Å². The molecule has 0 radical (unpaired) electrons. The molecule has 1 aromatic rings. The Balaban J connectivity index is 2.71. The molecule has 0 fully saturated rings. The Labute approximate surface area is 90.8 Å². The van der Waals surface area contributed by atoms with E-state index in [0.717, 1.165) is 6.07 Å². The summed E-state index contributed by atoms with van der Waals surface area (Å²) in [6, 6.07) is 3.57. The highest BCUT2D eigenvalue weighted by Crippen LogP contribution is 2.26. The molecule has 2 rings (SSSR count). The van der Waals surface area contributed by atoms with E-state index >= 15 is 0 Å². The largest absolute Gasteiger partial charge is 0.385 e. The third kappa shape index (κ3) is 1.58. The highest BCUT2D eigenvalue weighted by molar-refractivity contribution is 7.89. The molecule has 1 aromatic carbocycles. The Bertz CT molecular complexity index is 606. The fourth-order valence-corrected chi connectivity index (χ4v) is 2.59. The van der Waals surface area contributed by atoms with E-state index in [0.29, 0.717) is 5.56 Å². The Morgan fingerprint density at radius 3 is 2.69 bits per heavy atom. The molecule has 16 heavy (non-hydrogen) atoms. The van der Waals surface area contributed by atoms with Crippen LogP contribution in [0.3, 0.4) is 0 Å². The second-order valence-corrected chi connectivity index (χ2v) is 4.84. The summed E-state index contributed by atoms with van der Waals surface area (Å²) in [5, 5.41) is 10.5. The lowest BCUT2D eigenvalue weighted by Gasteiger charge is -2.15. The SMILES string of the molecule is NC1=Cc2ccc([N+](=O)[O-])cc2S(=O)(=O)N1. The summed E-state index contributed by atoms with van der Waals surface area (Å²) in [6.07, 6.45) is 1.40. The molecule has 7 nitrogen and oxygen atoms in total. The van der Waals surface area contributed by atoms with Gasteiger partial charge in [0.25, 0.3) is 15.7 Å². The van der Waals surface area contributed by atoms with E-state index in [1.807, 2.05) is 0 Å². The van der Waals surface area contributed by atoms with Crippen LogP contribution in [0.5, 0.6) is 0 Å². The third-order valence-electron chi connectivity index (χ3n) is 2.06. The maximum Gasteiger partial charge on any atom is 0.270 e. The Kier molecular flexibility index (Phi) is 2.09. The molecular formula is C8H7N3O4S. The van der Waals surface area contributed by atoms with E-state index in [1.165, 1.54) is 18.2 Å². The number of benzene rings is 1. The number of fused-ring (bicyclic) bond motifs is 1. The molecule has 0 saturated heterocycles. The molecule has 0 atom stereocenters. The van der Waals surface area contributed by atoms with Crippen LogP contribution >= 0.6 is 0 Å². The normalized spacial score (nSPS) is 16.9. The van der Waals surface area contributed by atoms with E-state index in [1.54, 1.807) is 0 Å². The minimum absolute atomic E-state index is 0.0126. The van der Waals surface area contributed by atoms with Crippen molar-refractivity contribution < 1.29 is 13.3 Å². The van der Waals surface area contributed by atoms with Crippen molar-refractivity contribution in [3.8, 4) is 0 Å². The predicted octanol–water partition coefficient (Wildman–Crippen LogP) is 0.144. The molecule has 0 amide bonds. The van der Waals surface area contributed by atoms with Crippen LogP contribution in [0.25, 0.3) is 6.08 Å². The highest BCUT2D eigenvalue weighted by atomic mass is 32.2. The summed E-state index contributed by atoms with van der Waals surface area (Å²) in [5.74, 6) is -0.0126. The van der Waals surface area contributed by atoms with Gasteiger partial charge in [0.15, 0.2) is 0 Å². The zero-order valence-corrected chi connectivity index (χ0v) is 8.69. The standard InChI is InChI=1S/C8H7N3O4S/c9-8-3-5-1-2-6(11(12)13)4-7(5)16(14,15)10-8/h1-4,10H,9H2. The van der Waals surface area contributed by atoms with Gasteiger partial charge >= 0.3 is 0 Å². The fraction of sp³-hybridized carbons (Fsp3) is 0. The first-order valence-electron chi connectivity index (χ1n) is 4.18.